The number of rotatable bonds is 2. The Bertz CT molecular complexity index is 1070. The van der Waals surface area contributed by atoms with E-state index in [0.717, 1.165) is 28.5 Å². The highest BCUT2D eigenvalue weighted by atomic mass is 19.1. The van der Waals surface area contributed by atoms with Gasteiger partial charge in [0.1, 0.15) is 17.2 Å². The number of hydrogen-bond acceptors (Lipinski definition) is 2. The zero-order chi connectivity index (χ0) is 17.1. The second-order valence-corrected chi connectivity index (χ2v) is 5.72. The first-order valence-corrected chi connectivity index (χ1v) is 7.92. The first-order valence-electron chi connectivity index (χ1n) is 7.92. The monoisotopic (exact) mass is 327 g/mol. The standard InChI is InChI=1S/C21H14FN3/c22-17-7-4-15(5-8-17)13-16-6-10-20-19(14-16)21(25-24-20)11-9-18-3-1-2-12-23-18/h1-8,10,12,14H,13H2,(H,24,25). The van der Waals surface area contributed by atoms with E-state index >= 15 is 0 Å². The summed E-state index contributed by atoms with van der Waals surface area (Å²) in [5.41, 5.74) is 4.53. The maximum Gasteiger partial charge on any atom is 0.143 e. The molecule has 0 amide bonds. The van der Waals surface area contributed by atoms with E-state index in [2.05, 4.69) is 33.1 Å². The Morgan fingerprint density at radius 1 is 0.920 bits per heavy atom. The van der Waals surface area contributed by atoms with Gasteiger partial charge in [-0.2, -0.15) is 5.10 Å². The van der Waals surface area contributed by atoms with Gasteiger partial charge in [0, 0.05) is 11.6 Å². The van der Waals surface area contributed by atoms with Crippen LogP contribution in [-0.2, 0) is 6.42 Å². The third-order valence-corrected chi connectivity index (χ3v) is 3.92. The van der Waals surface area contributed by atoms with Gasteiger partial charge < -0.3 is 0 Å². The van der Waals surface area contributed by atoms with Crippen molar-refractivity contribution in [3.8, 4) is 11.8 Å². The Morgan fingerprint density at radius 3 is 2.56 bits per heavy atom. The highest BCUT2D eigenvalue weighted by Gasteiger charge is 2.05. The molecule has 0 radical (unpaired) electrons. The fourth-order valence-electron chi connectivity index (χ4n) is 2.66. The van der Waals surface area contributed by atoms with E-state index in [1.807, 2.05) is 30.3 Å². The number of aromatic nitrogens is 3. The molecule has 4 rings (SSSR count). The summed E-state index contributed by atoms with van der Waals surface area (Å²) in [4.78, 5) is 4.20. The third-order valence-electron chi connectivity index (χ3n) is 3.92. The number of aromatic amines is 1. The van der Waals surface area contributed by atoms with Crippen LogP contribution < -0.4 is 0 Å². The Balaban J connectivity index is 1.66. The number of nitrogens with zero attached hydrogens (tertiary/aromatic N) is 2. The number of pyridine rings is 1. The molecule has 2 heterocycles. The molecule has 120 valence electrons. The molecule has 4 heteroatoms. The smallest absolute Gasteiger partial charge is 0.143 e. The maximum atomic E-state index is 13.0. The van der Waals surface area contributed by atoms with Crippen LogP contribution in [0.2, 0.25) is 0 Å². The van der Waals surface area contributed by atoms with Crippen molar-refractivity contribution in [2.24, 2.45) is 0 Å². The molecule has 0 bridgehead atoms. The van der Waals surface area contributed by atoms with Crippen LogP contribution in [-0.4, -0.2) is 15.2 Å². The lowest BCUT2D eigenvalue weighted by molar-refractivity contribution is 0.627. The minimum Gasteiger partial charge on any atom is -0.277 e. The van der Waals surface area contributed by atoms with Crippen LogP contribution >= 0.6 is 0 Å². The van der Waals surface area contributed by atoms with Gasteiger partial charge in [-0.25, -0.2) is 9.37 Å². The number of fused-ring (bicyclic) bond motifs is 1. The molecule has 0 unspecified atom stereocenters. The van der Waals surface area contributed by atoms with Crippen molar-refractivity contribution in [2.45, 2.75) is 6.42 Å². The molecule has 0 aliphatic heterocycles. The molecule has 0 spiro atoms. The van der Waals surface area contributed by atoms with Crippen LogP contribution in [0.25, 0.3) is 10.9 Å². The number of benzene rings is 2. The normalized spacial score (nSPS) is 10.4. The van der Waals surface area contributed by atoms with Crippen LogP contribution in [0.4, 0.5) is 4.39 Å². The molecular formula is C21H14FN3. The number of halogens is 1. The summed E-state index contributed by atoms with van der Waals surface area (Å²) in [6.07, 6.45) is 2.45. The van der Waals surface area contributed by atoms with Crippen molar-refractivity contribution in [1.82, 2.24) is 15.2 Å². The molecule has 0 aliphatic rings. The minimum absolute atomic E-state index is 0.221. The van der Waals surface area contributed by atoms with Crippen molar-refractivity contribution < 1.29 is 4.39 Å². The molecule has 3 nitrogen and oxygen atoms in total. The molecule has 0 atom stereocenters. The average molecular weight is 327 g/mol. The van der Waals surface area contributed by atoms with Crippen LogP contribution in [0.1, 0.15) is 22.5 Å². The highest BCUT2D eigenvalue weighted by molar-refractivity contribution is 5.84. The van der Waals surface area contributed by atoms with Crippen LogP contribution in [0.3, 0.4) is 0 Å². The molecule has 1 N–H and O–H groups in total. The van der Waals surface area contributed by atoms with Crippen LogP contribution in [0.15, 0.2) is 66.9 Å². The fraction of sp³-hybridized carbons (Fsp3) is 0.0476. The Labute approximate surface area is 144 Å². The van der Waals surface area contributed by atoms with Crippen molar-refractivity contribution in [3.63, 3.8) is 0 Å². The summed E-state index contributed by atoms with van der Waals surface area (Å²) in [7, 11) is 0. The SMILES string of the molecule is Fc1ccc(Cc2ccc3[nH]nc(C#Cc4ccccn4)c3c2)cc1. The van der Waals surface area contributed by atoms with Crippen molar-refractivity contribution in [3.05, 3.63) is 95.2 Å². The van der Waals surface area contributed by atoms with E-state index in [-0.39, 0.29) is 5.82 Å². The van der Waals surface area contributed by atoms with E-state index in [9.17, 15) is 4.39 Å². The summed E-state index contributed by atoms with van der Waals surface area (Å²) in [6.45, 7) is 0. The number of nitrogens with one attached hydrogen (secondary N) is 1. The summed E-state index contributed by atoms with van der Waals surface area (Å²) >= 11 is 0. The maximum absolute atomic E-state index is 13.0. The molecule has 25 heavy (non-hydrogen) atoms. The van der Waals surface area contributed by atoms with Crippen molar-refractivity contribution >= 4 is 10.9 Å². The van der Waals surface area contributed by atoms with E-state index in [4.69, 9.17) is 0 Å². The van der Waals surface area contributed by atoms with E-state index in [1.165, 1.54) is 12.1 Å². The molecule has 2 aromatic carbocycles. The largest absolute Gasteiger partial charge is 0.277 e. The predicted octanol–water partition coefficient (Wildman–Crippen LogP) is 4.09. The third kappa shape index (κ3) is 3.41. The zero-order valence-electron chi connectivity index (χ0n) is 13.3. The molecule has 4 aromatic rings. The lowest BCUT2D eigenvalue weighted by atomic mass is 10.0. The topological polar surface area (TPSA) is 41.6 Å². The molecule has 0 saturated heterocycles. The van der Waals surface area contributed by atoms with Gasteiger partial charge in [-0.05, 0) is 65.8 Å². The summed E-state index contributed by atoms with van der Waals surface area (Å²) in [5.74, 6) is 5.89. The molecule has 2 aromatic heterocycles. The lowest BCUT2D eigenvalue weighted by Crippen LogP contribution is -1.88. The fourth-order valence-corrected chi connectivity index (χ4v) is 2.66. The van der Waals surface area contributed by atoms with Crippen molar-refractivity contribution in [1.29, 1.82) is 0 Å². The van der Waals surface area contributed by atoms with E-state index in [1.54, 1.807) is 18.3 Å². The molecule has 0 fully saturated rings. The summed E-state index contributed by atoms with van der Waals surface area (Å²) in [5, 5.41) is 8.27. The first kappa shape index (κ1) is 15.1. The lowest BCUT2D eigenvalue weighted by Gasteiger charge is -2.02. The molecule has 0 aliphatic carbocycles. The number of hydrogen-bond donors (Lipinski definition) is 1. The van der Waals surface area contributed by atoms with Gasteiger partial charge in [0.2, 0.25) is 0 Å². The Hall–Kier alpha value is -3.45. The van der Waals surface area contributed by atoms with Gasteiger partial charge in [0.15, 0.2) is 0 Å². The predicted molar refractivity (Wildman–Crippen MR) is 95.5 cm³/mol. The molecule has 0 saturated carbocycles. The van der Waals surface area contributed by atoms with Gasteiger partial charge in [0.05, 0.1) is 5.52 Å². The Morgan fingerprint density at radius 2 is 1.76 bits per heavy atom. The number of H-pyrrole nitrogens is 1. The van der Waals surface area contributed by atoms with E-state index in [0.29, 0.717) is 11.4 Å². The van der Waals surface area contributed by atoms with Crippen molar-refractivity contribution in [2.75, 3.05) is 0 Å². The van der Waals surface area contributed by atoms with Gasteiger partial charge in [-0.3, -0.25) is 5.10 Å². The highest BCUT2D eigenvalue weighted by Crippen LogP contribution is 2.19. The van der Waals surface area contributed by atoms with Gasteiger partial charge in [-0.1, -0.05) is 24.3 Å². The van der Waals surface area contributed by atoms with Gasteiger partial charge in [0.25, 0.3) is 0 Å². The quantitative estimate of drug-likeness (QED) is 0.564. The Kier molecular flexibility index (Phi) is 3.97. The average Bonchev–Trinajstić information content (AvgIpc) is 3.05. The van der Waals surface area contributed by atoms with Crippen LogP contribution in [0.5, 0.6) is 0 Å². The zero-order valence-corrected chi connectivity index (χ0v) is 13.3. The van der Waals surface area contributed by atoms with Crippen LogP contribution in [0, 0.1) is 17.7 Å². The van der Waals surface area contributed by atoms with Gasteiger partial charge >= 0.3 is 0 Å². The van der Waals surface area contributed by atoms with Gasteiger partial charge in [-0.15, -0.1) is 0 Å². The summed E-state index contributed by atoms with van der Waals surface area (Å²) < 4.78 is 13.0. The minimum atomic E-state index is -0.221. The summed E-state index contributed by atoms with van der Waals surface area (Å²) in [6, 6.07) is 18.3. The second kappa shape index (κ2) is 6.58. The first-order chi connectivity index (χ1) is 12.3. The second-order valence-electron chi connectivity index (χ2n) is 5.72. The molecular weight excluding hydrogens is 313 g/mol. The van der Waals surface area contributed by atoms with E-state index < -0.39 is 0 Å².